The highest BCUT2D eigenvalue weighted by molar-refractivity contribution is 9.10. The second-order valence-electron chi connectivity index (χ2n) is 3.74. The highest BCUT2D eigenvalue weighted by atomic mass is 79.9. The van der Waals surface area contributed by atoms with Crippen LogP contribution in [0.15, 0.2) is 15.9 Å². The van der Waals surface area contributed by atoms with Crippen LogP contribution in [0.5, 0.6) is 0 Å². The first-order valence-corrected chi connectivity index (χ1v) is 5.64. The van der Waals surface area contributed by atoms with Gasteiger partial charge in [-0.1, -0.05) is 13.8 Å². The standard InChI is InChI=1S/C9H14BrNS/c1-9(2,6-11)5-8-7(10)3-4-12-8/h3-4H,5-6,11H2,1-2H3. The molecule has 0 bridgehead atoms. The average Bonchev–Trinajstić information content (AvgIpc) is 2.36. The Morgan fingerprint density at radius 1 is 1.58 bits per heavy atom. The van der Waals surface area contributed by atoms with Gasteiger partial charge in [-0.3, -0.25) is 0 Å². The lowest BCUT2D eigenvalue weighted by Gasteiger charge is -2.21. The lowest BCUT2D eigenvalue weighted by atomic mass is 9.89. The first-order valence-electron chi connectivity index (χ1n) is 3.97. The Hall–Kier alpha value is 0.140. The summed E-state index contributed by atoms with van der Waals surface area (Å²) < 4.78 is 1.22. The van der Waals surface area contributed by atoms with Crippen molar-refractivity contribution < 1.29 is 0 Å². The van der Waals surface area contributed by atoms with Gasteiger partial charge in [-0.2, -0.15) is 0 Å². The summed E-state index contributed by atoms with van der Waals surface area (Å²) in [5, 5.41) is 2.10. The lowest BCUT2D eigenvalue weighted by molar-refractivity contribution is 0.379. The normalized spacial score (nSPS) is 12.0. The first-order chi connectivity index (χ1) is 5.55. The predicted octanol–water partition coefficient (Wildman–Crippen LogP) is 3.04. The molecule has 1 nitrogen and oxygen atoms in total. The summed E-state index contributed by atoms with van der Waals surface area (Å²) in [7, 11) is 0. The molecule has 0 aliphatic rings. The minimum Gasteiger partial charge on any atom is -0.330 e. The van der Waals surface area contributed by atoms with Crippen molar-refractivity contribution in [2.45, 2.75) is 20.3 Å². The van der Waals surface area contributed by atoms with Gasteiger partial charge in [0.05, 0.1) is 0 Å². The SMILES string of the molecule is CC(C)(CN)Cc1sccc1Br. The molecule has 0 amide bonds. The lowest BCUT2D eigenvalue weighted by Crippen LogP contribution is -2.25. The van der Waals surface area contributed by atoms with E-state index >= 15 is 0 Å². The van der Waals surface area contributed by atoms with Crippen molar-refractivity contribution in [3.8, 4) is 0 Å². The van der Waals surface area contributed by atoms with Gasteiger partial charge < -0.3 is 5.73 Å². The molecule has 0 aliphatic carbocycles. The molecule has 0 saturated heterocycles. The Morgan fingerprint density at radius 3 is 2.67 bits per heavy atom. The molecular weight excluding hydrogens is 234 g/mol. The first kappa shape index (κ1) is 10.2. The second kappa shape index (κ2) is 3.90. The number of nitrogens with two attached hydrogens (primary N) is 1. The van der Waals surface area contributed by atoms with Gasteiger partial charge in [-0.15, -0.1) is 11.3 Å². The number of thiophene rings is 1. The van der Waals surface area contributed by atoms with E-state index in [2.05, 4.69) is 41.2 Å². The highest BCUT2D eigenvalue weighted by Crippen LogP contribution is 2.29. The molecule has 0 unspecified atom stereocenters. The van der Waals surface area contributed by atoms with Gasteiger partial charge in [0, 0.05) is 9.35 Å². The number of halogens is 1. The molecule has 1 aromatic heterocycles. The topological polar surface area (TPSA) is 26.0 Å². The van der Waals surface area contributed by atoms with Crippen LogP contribution in [0.25, 0.3) is 0 Å². The molecule has 0 fully saturated rings. The monoisotopic (exact) mass is 247 g/mol. The molecule has 0 spiro atoms. The van der Waals surface area contributed by atoms with Crippen molar-refractivity contribution in [1.82, 2.24) is 0 Å². The Bertz CT molecular complexity index is 255. The number of rotatable bonds is 3. The molecule has 12 heavy (non-hydrogen) atoms. The van der Waals surface area contributed by atoms with Crippen LogP contribution in [0.3, 0.4) is 0 Å². The van der Waals surface area contributed by atoms with Gasteiger partial charge in [-0.25, -0.2) is 0 Å². The summed E-state index contributed by atoms with van der Waals surface area (Å²) >= 11 is 5.31. The van der Waals surface area contributed by atoms with E-state index in [9.17, 15) is 0 Å². The van der Waals surface area contributed by atoms with E-state index in [1.54, 1.807) is 11.3 Å². The number of hydrogen-bond donors (Lipinski definition) is 1. The van der Waals surface area contributed by atoms with E-state index < -0.39 is 0 Å². The van der Waals surface area contributed by atoms with E-state index in [0.717, 1.165) is 13.0 Å². The molecule has 0 atom stereocenters. The quantitative estimate of drug-likeness (QED) is 0.874. The summed E-state index contributed by atoms with van der Waals surface area (Å²) in [6.07, 6.45) is 1.06. The zero-order valence-electron chi connectivity index (χ0n) is 7.43. The molecule has 0 saturated carbocycles. The maximum absolute atomic E-state index is 5.66. The second-order valence-corrected chi connectivity index (χ2v) is 5.59. The summed E-state index contributed by atoms with van der Waals surface area (Å²) in [6.45, 7) is 5.12. The smallest absolute Gasteiger partial charge is 0.0314 e. The zero-order chi connectivity index (χ0) is 9.19. The van der Waals surface area contributed by atoms with Gasteiger partial charge >= 0.3 is 0 Å². The van der Waals surface area contributed by atoms with E-state index in [1.807, 2.05) is 0 Å². The fourth-order valence-electron chi connectivity index (χ4n) is 0.958. The van der Waals surface area contributed by atoms with E-state index in [0.29, 0.717) is 0 Å². The molecule has 2 N–H and O–H groups in total. The van der Waals surface area contributed by atoms with Gasteiger partial charge in [0.25, 0.3) is 0 Å². The van der Waals surface area contributed by atoms with Crippen LogP contribution in [0, 0.1) is 5.41 Å². The van der Waals surface area contributed by atoms with Crippen LogP contribution in [0.2, 0.25) is 0 Å². The van der Waals surface area contributed by atoms with E-state index in [1.165, 1.54) is 9.35 Å². The maximum Gasteiger partial charge on any atom is 0.0314 e. The van der Waals surface area contributed by atoms with E-state index in [4.69, 9.17) is 5.73 Å². The Labute approximate surface area is 86.1 Å². The van der Waals surface area contributed by atoms with E-state index in [-0.39, 0.29) is 5.41 Å². The fraction of sp³-hybridized carbons (Fsp3) is 0.556. The zero-order valence-corrected chi connectivity index (χ0v) is 9.83. The van der Waals surface area contributed by atoms with Gasteiger partial charge in [-0.05, 0) is 45.8 Å². The molecule has 1 heterocycles. The summed E-state index contributed by atoms with van der Waals surface area (Å²) in [6, 6.07) is 2.09. The van der Waals surface area contributed by atoms with Crippen LogP contribution < -0.4 is 5.73 Å². The van der Waals surface area contributed by atoms with Crippen molar-refractivity contribution in [2.75, 3.05) is 6.54 Å². The summed E-state index contributed by atoms with van der Waals surface area (Å²) in [5.74, 6) is 0. The molecule has 3 heteroatoms. The van der Waals surface area contributed by atoms with Gasteiger partial charge in [0.2, 0.25) is 0 Å². The summed E-state index contributed by atoms with van der Waals surface area (Å²) in [4.78, 5) is 1.39. The third kappa shape index (κ3) is 2.57. The van der Waals surface area contributed by atoms with Crippen molar-refractivity contribution >= 4 is 27.3 Å². The van der Waals surface area contributed by atoms with Crippen LogP contribution in [0.1, 0.15) is 18.7 Å². The maximum atomic E-state index is 5.66. The van der Waals surface area contributed by atoms with Crippen LogP contribution in [-0.2, 0) is 6.42 Å². The average molecular weight is 248 g/mol. The van der Waals surface area contributed by atoms with Crippen molar-refractivity contribution in [2.24, 2.45) is 11.1 Å². The van der Waals surface area contributed by atoms with Gasteiger partial charge in [0.1, 0.15) is 0 Å². The Balaban J connectivity index is 2.70. The minimum atomic E-state index is 0.216. The third-order valence-electron chi connectivity index (χ3n) is 1.88. The predicted molar refractivity (Wildman–Crippen MR) is 58.6 cm³/mol. The van der Waals surface area contributed by atoms with Crippen molar-refractivity contribution in [1.29, 1.82) is 0 Å². The van der Waals surface area contributed by atoms with Gasteiger partial charge in [0.15, 0.2) is 0 Å². The Kier molecular flexibility index (Phi) is 3.32. The third-order valence-corrected chi connectivity index (χ3v) is 3.81. The molecule has 0 radical (unpaired) electrons. The molecule has 68 valence electrons. The molecule has 0 aliphatic heterocycles. The van der Waals surface area contributed by atoms with Crippen LogP contribution in [0.4, 0.5) is 0 Å². The molecule has 1 rings (SSSR count). The van der Waals surface area contributed by atoms with Crippen molar-refractivity contribution in [3.05, 3.63) is 20.8 Å². The molecule has 1 aromatic rings. The van der Waals surface area contributed by atoms with Crippen LogP contribution in [-0.4, -0.2) is 6.54 Å². The Morgan fingerprint density at radius 2 is 2.25 bits per heavy atom. The molecule has 0 aromatic carbocycles. The number of hydrogen-bond acceptors (Lipinski definition) is 2. The summed E-state index contributed by atoms with van der Waals surface area (Å²) in [5.41, 5.74) is 5.88. The largest absolute Gasteiger partial charge is 0.330 e. The molecular formula is C9H14BrNS. The minimum absolute atomic E-state index is 0.216. The van der Waals surface area contributed by atoms with Crippen molar-refractivity contribution in [3.63, 3.8) is 0 Å². The fourth-order valence-corrected chi connectivity index (χ4v) is 2.71. The highest BCUT2D eigenvalue weighted by Gasteiger charge is 2.18. The van der Waals surface area contributed by atoms with Crippen LogP contribution >= 0.6 is 27.3 Å².